The monoisotopic (exact) mass is 400 g/mol. The van der Waals surface area contributed by atoms with Gasteiger partial charge in [-0.2, -0.15) is 5.10 Å². The van der Waals surface area contributed by atoms with Crippen LogP contribution in [0.25, 0.3) is 0 Å². The van der Waals surface area contributed by atoms with Crippen molar-refractivity contribution >= 4 is 0 Å². The average Bonchev–Trinajstić information content (AvgIpc) is 3.07. The van der Waals surface area contributed by atoms with Gasteiger partial charge in [0.15, 0.2) is 0 Å². The molecule has 1 atom stereocenters. The molecule has 0 bridgehead atoms. The molecule has 1 N–H and O–H groups in total. The number of aliphatic hydroxyl groups is 1. The van der Waals surface area contributed by atoms with E-state index in [0.717, 1.165) is 51.4 Å². The van der Waals surface area contributed by atoms with Gasteiger partial charge in [-0.05, 0) is 56.9 Å². The van der Waals surface area contributed by atoms with Gasteiger partial charge in [-0.15, -0.1) is 0 Å². The number of methoxy groups -OCH3 is 1. The van der Waals surface area contributed by atoms with E-state index < -0.39 is 0 Å². The molecular weight excluding hydrogens is 364 g/mol. The predicted octanol–water partition coefficient (Wildman–Crippen LogP) is 2.91. The van der Waals surface area contributed by atoms with E-state index in [2.05, 4.69) is 59.4 Å². The third-order valence-electron chi connectivity index (χ3n) is 6.49. The highest BCUT2D eigenvalue weighted by molar-refractivity contribution is 5.43. The standard InChI is InChI=1S/C23H36N4O2/c1-6-27-19(4)21(13-24-27)14-25-10-11-26(22(16-25)9-12-28)15-20-7-8-23(29-5)18(3)17(20)2/h7-8,13,22,28H,6,9-12,14-16H2,1-5H3/t22-/m0/s1. The predicted molar refractivity (Wildman–Crippen MR) is 116 cm³/mol. The maximum Gasteiger partial charge on any atom is 0.122 e. The Morgan fingerprint density at radius 1 is 1.10 bits per heavy atom. The number of benzene rings is 1. The molecule has 2 aromatic rings. The molecule has 1 aliphatic rings. The minimum Gasteiger partial charge on any atom is -0.496 e. The maximum atomic E-state index is 9.65. The highest BCUT2D eigenvalue weighted by Gasteiger charge is 2.27. The average molecular weight is 401 g/mol. The van der Waals surface area contributed by atoms with Gasteiger partial charge in [0, 0.05) is 63.2 Å². The molecule has 0 spiro atoms. The second-order valence-electron chi connectivity index (χ2n) is 8.12. The number of hydrogen-bond donors (Lipinski definition) is 1. The minimum atomic E-state index is 0.225. The van der Waals surface area contributed by atoms with Crippen molar-refractivity contribution in [3.8, 4) is 5.75 Å². The van der Waals surface area contributed by atoms with Crippen LogP contribution >= 0.6 is 0 Å². The van der Waals surface area contributed by atoms with Crippen molar-refractivity contribution in [3.05, 3.63) is 46.3 Å². The Morgan fingerprint density at radius 2 is 1.90 bits per heavy atom. The molecule has 0 radical (unpaired) electrons. The Labute approximate surface area is 175 Å². The lowest BCUT2D eigenvalue weighted by atomic mass is 10.00. The number of aliphatic hydroxyl groups excluding tert-OH is 1. The second kappa shape index (κ2) is 9.74. The Kier molecular flexibility index (Phi) is 7.33. The molecule has 3 rings (SSSR count). The van der Waals surface area contributed by atoms with E-state index in [1.165, 1.54) is 27.9 Å². The Bertz CT molecular complexity index is 817. The summed E-state index contributed by atoms with van der Waals surface area (Å²) >= 11 is 0. The summed E-state index contributed by atoms with van der Waals surface area (Å²) in [6, 6.07) is 4.62. The highest BCUT2D eigenvalue weighted by atomic mass is 16.5. The molecule has 2 heterocycles. The van der Waals surface area contributed by atoms with Gasteiger partial charge < -0.3 is 9.84 Å². The summed E-state index contributed by atoms with van der Waals surface area (Å²) in [5.41, 5.74) is 6.44. The molecule has 0 aliphatic carbocycles. The van der Waals surface area contributed by atoms with Gasteiger partial charge in [-0.1, -0.05) is 6.07 Å². The van der Waals surface area contributed by atoms with Crippen LogP contribution in [0.15, 0.2) is 18.3 Å². The zero-order chi connectivity index (χ0) is 21.0. The van der Waals surface area contributed by atoms with Crippen LogP contribution in [-0.4, -0.2) is 64.1 Å². The fourth-order valence-electron chi connectivity index (χ4n) is 4.40. The van der Waals surface area contributed by atoms with Crippen LogP contribution in [-0.2, 0) is 19.6 Å². The smallest absolute Gasteiger partial charge is 0.122 e. The fraction of sp³-hybridized carbons (Fsp3) is 0.609. The van der Waals surface area contributed by atoms with E-state index in [4.69, 9.17) is 4.74 Å². The van der Waals surface area contributed by atoms with Gasteiger partial charge in [0.25, 0.3) is 0 Å². The zero-order valence-electron chi connectivity index (χ0n) is 18.6. The maximum absolute atomic E-state index is 9.65. The number of aromatic nitrogens is 2. The van der Waals surface area contributed by atoms with E-state index >= 15 is 0 Å². The number of rotatable bonds is 8. The van der Waals surface area contributed by atoms with Gasteiger partial charge >= 0.3 is 0 Å². The summed E-state index contributed by atoms with van der Waals surface area (Å²) in [5, 5.41) is 14.1. The summed E-state index contributed by atoms with van der Waals surface area (Å²) in [7, 11) is 1.73. The van der Waals surface area contributed by atoms with E-state index in [0.29, 0.717) is 6.04 Å². The van der Waals surface area contributed by atoms with Crippen LogP contribution in [0.5, 0.6) is 5.75 Å². The van der Waals surface area contributed by atoms with Crippen molar-refractivity contribution in [2.75, 3.05) is 33.4 Å². The third kappa shape index (κ3) is 4.82. The number of aryl methyl sites for hydroxylation is 1. The summed E-state index contributed by atoms with van der Waals surface area (Å²) in [4.78, 5) is 5.04. The molecule has 1 aliphatic heterocycles. The van der Waals surface area contributed by atoms with Crippen LogP contribution < -0.4 is 4.74 Å². The number of hydrogen-bond acceptors (Lipinski definition) is 5. The first-order valence-electron chi connectivity index (χ1n) is 10.7. The molecule has 1 saturated heterocycles. The van der Waals surface area contributed by atoms with Crippen LogP contribution in [0.4, 0.5) is 0 Å². The molecule has 6 nitrogen and oxygen atoms in total. The number of ether oxygens (including phenoxy) is 1. The van der Waals surface area contributed by atoms with Crippen LogP contribution in [0, 0.1) is 20.8 Å². The van der Waals surface area contributed by atoms with Crippen molar-refractivity contribution in [1.82, 2.24) is 19.6 Å². The fourth-order valence-corrected chi connectivity index (χ4v) is 4.40. The van der Waals surface area contributed by atoms with E-state index in [9.17, 15) is 5.11 Å². The molecule has 0 saturated carbocycles. The molecule has 1 aromatic heterocycles. The van der Waals surface area contributed by atoms with Gasteiger partial charge in [0.2, 0.25) is 0 Å². The van der Waals surface area contributed by atoms with E-state index in [-0.39, 0.29) is 6.61 Å². The summed E-state index contributed by atoms with van der Waals surface area (Å²) in [6.07, 6.45) is 2.81. The van der Waals surface area contributed by atoms with Gasteiger partial charge in [0.1, 0.15) is 5.75 Å². The number of piperazine rings is 1. The summed E-state index contributed by atoms with van der Waals surface area (Å²) in [5.74, 6) is 0.950. The molecule has 1 fully saturated rings. The molecule has 0 unspecified atom stereocenters. The first-order chi connectivity index (χ1) is 14.0. The van der Waals surface area contributed by atoms with Crippen molar-refractivity contribution in [1.29, 1.82) is 0 Å². The summed E-state index contributed by atoms with van der Waals surface area (Å²) in [6.45, 7) is 14.6. The SMILES string of the molecule is CCn1ncc(CN2CCN(Cc3ccc(OC)c(C)c3C)[C@@H](CCO)C2)c1C. The van der Waals surface area contributed by atoms with Crippen molar-refractivity contribution < 1.29 is 9.84 Å². The highest BCUT2D eigenvalue weighted by Crippen LogP contribution is 2.26. The molecular formula is C23H36N4O2. The number of nitrogens with zero attached hydrogens (tertiary/aromatic N) is 4. The zero-order valence-corrected chi connectivity index (χ0v) is 18.6. The van der Waals surface area contributed by atoms with Crippen LogP contribution in [0.2, 0.25) is 0 Å². The van der Waals surface area contributed by atoms with Gasteiger partial charge in [0.05, 0.1) is 13.3 Å². The Morgan fingerprint density at radius 3 is 2.55 bits per heavy atom. The lowest BCUT2D eigenvalue weighted by molar-refractivity contribution is 0.0497. The lowest BCUT2D eigenvalue weighted by Gasteiger charge is -2.41. The molecule has 29 heavy (non-hydrogen) atoms. The first kappa shape index (κ1) is 21.8. The first-order valence-corrected chi connectivity index (χ1v) is 10.7. The van der Waals surface area contributed by atoms with Crippen LogP contribution in [0.3, 0.4) is 0 Å². The molecule has 1 aromatic carbocycles. The third-order valence-corrected chi connectivity index (χ3v) is 6.49. The van der Waals surface area contributed by atoms with Crippen LogP contribution in [0.1, 0.15) is 41.3 Å². The van der Waals surface area contributed by atoms with Gasteiger partial charge in [-0.3, -0.25) is 14.5 Å². The van der Waals surface area contributed by atoms with E-state index in [1.54, 1.807) is 7.11 Å². The minimum absolute atomic E-state index is 0.225. The largest absolute Gasteiger partial charge is 0.496 e. The normalized spacial score (nSPS) is 18.3. The van der Waals surface area contributed by atoms with E-state index in [1.807, 2.05) is 6.20 Å². The molecule has 0 amide bonds. The quantitative estimate of drug-likeness (QED) is 0.738. The van der Waals surface area contributed by atoms with Gasteiger partial charge in [-0.25, -0.2) is 0 Å². The van der Waals surface area contributed by atoms with Crippen molar-refractivity contribution in [3.63, 3.8) is 0 Å². The van der Waals surface area contributed by atoms with Crippen molar-refractivity contribution in [2.24, 2.45) is 0 Å². The van der Waals surface area contributed by atoms with Crippen molar-refractivity contribution in [2.45, 2.75) is 59.8 Å². The summed E-state index contributed by atoms with van der Waals surface area (Å²) < 4.78 is 7.52. The topological polar surface area (TPSA) is 53.8 Å². The Hall–Kier alpha value is -1.89. The molecule has 160 valence electrons. The lowest BCUT2D eigenvalue weighted by Crippen LogP contribution is -2.52. The Balaban J connectivity index is 1.69. The second-order valence-corrected chi connectivity index (χ2v) is 8.12. The molecule has 6 heteroatoms.